The van der Waals surface area contributed by atoms with Crippen LogP contribution in [0.3, 0.4) is 0 Å². The quantitative estimate of drug-likeness (QED) is 0.776. The molecule has 5 nitrogen and oxygen atoms in total. The van der Waals surface area contributed by atoms with E-state index in [9.17, 15) is 8.42 Å². The molecule has 0 radical (unpaired) electrons. The van der Waals surface area contributed by atoms with Crippen molar-refractivity contribution in [2.45, 2.75) is 11.4 Å². The number of hydrogen-bond donors (Lipinski definition) is 0. The minimum absolute atomic E-state index is 0.0242. The molecule has 26 heavy (non-hydrogen) atoms. The predicted molar refractivity (Wildman–Crippen MR) is 102 cm³/mol. The molecule has 136 valence electrons. The van der Waals surface area contributed by atoms with Gasteiger partial charge in [0.15, 0.2) is 0 Å². The topological polar surface area (TPSA) is 64.4 Å². The zero-order chi connectivity index (χ0) is 18.7. The molecule has 0 atom stereocenters. The van der Waals surface area contributed by atoms with Crippen LogP contribution in [0, 0.1) is 11.3 Å². The maximum Gasteiger partial charge on any atom is 0.246 e. The van der Waals surface area contributed by atoms with Crippen LogP contribution < -0.4 is 0 Å². The number of rotatable bonds is 4. The summed E-state index contributed by atoms with van der Waals surface area (Å²) in [7, 11) is -3.72. The van der Waals surface area contributed by atoms with Crippen LogP contribution in [0.5, 0.6) is 0 Å². The first kappa shape index (κ1) is 19.2. The van der Waals surface area contributed by atoms with Gasteiger partial charge in [-0.05, 0) is 29.8 Å². The monoisotopic (exact) mass is 409 g/mol. The first-order chi connectivity index (χ1) is 12.4. The van der Waals surface area contributed by atoms with Crippen molar-refractivity contribution < 1.29 is 8.42 Å². The third-order valence-corrected chi connectivity index (χ3v) is 7.19. The molecule has 2 aromatic rings. The molecule has 0 amide bonds. The van der Waals surface area contributed by atoms with Gasteiger partial charge in [0.05, 0.1) is 21.7 Å². The van der Waals surface area contributed by atoms with E-state index in [2.05, 4.69) is 11.0 Å². The Balaban J connectivity index is 1.67. The number of nitriles is 1. The SMILES string of the molecule is N#Cc1ccc(CN2CCN(S(=O)(=O)c3c(Cl)cccc3Cl)CC2)cc1. The lowest BCUT2D eigenvalue weighted by Gasteiger charge is -2.34. The van der Waals surface area contributed by atoms with Gasteiger partial charge in [0.2, 0.25) is 10.0 Å². The molecule has 1 fully saturated rings. The second kappa shape index (κ2) is 7.95. The van der Waals surface area contributed by atoms with E-state index in [1.165, 1.54) is 16.4 Å². The molecule has 0 saturated carbocycles. The Kier molecular flexibility index (Phi) is 5.86. The summed E-state index contributed by atoms with van der Waals surface area (Å²) in [5, 5.41) is 9.12. The Bertz CT molecular complexity index is 912. The van der Waals surface area contributed by atoms with Gasteiger partial charge in [-0.3, -0.25) is 4.90 Å². The highest BCUT2D eigenvalue weighted by atomic mass is 35.5. The molecule has 1 saturated heterocycles. The van der Waals surface area contributed by atoms with E-state index in [1.807, 2.05) is 12.1 Å². The normalized spacial score (nSPS) is 16.3. The maximum absolute atomic E-state index is 12.9. The van der Waals surface area contributed by atoms with Crippen molar-refractivity contribution >= 4 is 33.2 Å². The highest BCUT2D eigenvalue weighted by Gasteiger charge is 2.31. The van der Waals surface area contributed by atoms with E-state index in [0.717, 1.165) is 5.56 Å². The Morgan fingerprint density at radius 1 is 0.962 bits per heavy atom. The van der Waals surface area contributed by atoms with Gasteiger partial charge in [-0.1, -0.05) is 41.4 Å². The molecule has 0 N–H and O–H groups in total. The molecule has 0 aromatic heterocycles. The van der Waals surface area contributed by atoms with Crippen LogP contribution in [0.15, 0.2) is 47.4 Å². The number of nitrogens with zero attached hydrogens (tertiary/aromatic N) is 3. The summed E-state index contributed by atoms with van der Waals surface area (Å²) in [5.41, 5.74) is 1.72. The zero-order valence-corrected chi connectivity index (χ0v) is 16.2. The van der Waals surface area contributed by atoms with Crippen molar-refractivity contribution in [2.75, 3.05) is 26.2 Å². The molecule has 1 aliphatic heterocycles. The van der Waals surface area contributed by atoms with Gasteiger partial charge < -0.3 is 0 Å². The lowest BCUT2D eigenvalue weighted by Crippen LogP contribution is -2.48. The van der Waals surface area contributed by atoms with Gasteiger partial charge >= 0.3 is 0 Å². The van der Waals surface area contributed by atoms with Crippen LogP contribution in [0.1, 0.15) is 11.1 Å². The van der Waals surface area contributed by atoms with Crippen LogP contribution >= 0.6 is 23.2 Å². The van der Waals surface area contributed by atoms with Gasteiger partial charge in [-0.25, -0.2) is 8.42 Å². The second-order valence-electron chi connectivity index (χ2n) is 6.04. The molecule has 0 unspecified atom stereocenters. The van der Waals surface area contributed by atoms with Crippen molar-refractivity contribution in [3.8, 4) is 6.07 Å². The van der Waals surface area contributed by atoms with E-state index >= 15 is 0 Å². The Morgan fingerprint density at radius 2 is 1.54 bits per heavy atom. The summed E-state index contributed by atoms with van der Waals surface area (Å²) >= 11 is 12.1. The molecule has 1 heterocycles. The van der Waals surface area contributed by atoms with E-state index in [0.29, 0.717) is 38.3 Å². The van der Waals surface area contributed by atoms with Crippen molar-refractivity contribution in [2.24, 2.45) is 0 Å². The second-order valence-corrected chi connectivity index (χ2v) is 8.73. The van der Waals surface area contributed by atoms with Crippen molar-refractivity contribution in [1.29, 1.82) is 5.26 Å². The molecule has 1 aliphatic rings. The Labute approximate surface area is 163 Å². The smallest absolute Gasteiger partial charge is 0.246 e. The summed E-state index contributed by atoms with van der Waals surface area (Å²) in [6.07, 6.45) is 0. The summed E-state index contributed by atoms with van der Waals surface area (Å²) in [6, 6.07) is 14.2. The van der Waals surface area contributed by atoms with Crippen LogP contribution in [-0.2, 0) is 16.6 Å². The third kappa shape index (κ3) is 4.03. The maximum atomic E-state index is 12.9. The number of piperazine rings is 1. The molecule has 2 aromatic carbocycles. The predicted octanol–water partition coefficient (Wildman–Crippen LogP) is 3.37. The molecule has 0 aliphatic carbocycles. The fourth-order valence-electron chi connectivity index (χ4n) is 2.93. The number of halogens is 2. The number of benzene rings is 2. The highest BCUT2D eigenvalue weighted by Crippen LogP contribution is 2.31. The first-order valence-corrected chi connectivity index (χ1v) is 10.3. The minimum Gasteiger partial charge on any atom is -0.296 e. The van der Waals surface area contributed by atoms with Crippen molar-refractivity contribution in [3.05, 3.63) is 63.6 Å². The van der Waals surface area contributed by atoms with Crippen LogP contribution in [0.2, 0.25) is 10.0 Å². The van der Waals surface area contributed by atoms with Gasteiger partial charge in [-0.2, -0.15) is 9.57 Å². The lowest BCUT2D eigenvalue weighted by atomic mass is 10.1. The summed E-state index contributed by atoms with van der Waals surface area (Å²) < 4.78 is 27.2. The van der Waals surface area contributed by atoms with Crippen LogP contribution in [0.4, 0.5) is 0 Å². The summed E-state index contributed by atoms with van der Waals surface area (Å²) in [6.45, 7) is 2.69. The van der Waals surface area contributed by atoms with E-state index < -0.39 is 10.0 Å². The Hall–Kier alpha value is -1.62. The molecular weight excluding hydrogens is 393 g/mol. The molecule has 8 heteroatoms. The average molecular weight is 410 g/mol. The molecule has 0 spiro atoms. The van der Waals surface area contributed by atoms with Gasteiger partial charge in [0, 0.05) is 32.7 Å². The minimum atomic E-state index is -3.72. The number of sulfonamides is 1. The fourth-order valence-corrected chi connectivity index (χ4v) is 5.44. The van der Waals surface area contributed by atoms with E-state index in [1.54, 1.807) is 18.2 Å². The van der Waals surface area contributed by atoms with Crippen molar-refractivity contribution in [3.63, 3.8) is 0 Å². The number of hydrogen-bond acceptors (Lipinski definition) is 4. The lowest BCUT2D eigenvalue weighted by molar-refractivity contribution is 0.181. The molecule has 3 rings (SSSR count). The fraction of sp³-hybridized carbons (Fsp3) is 0.278. The summed E-state index contributed by atoms with van der Waals surface area (Å²) in [4.78, 5) is 2.16. The van der Waals surface area contributed by atoms with Crippen LogP contribution in [-0.4, -0.2) is 43.8 Å². The van der Waals surface area contributed by atoms with Gasteiger partial charge in [0.1, 0.15) is 4.90 Å². The Morgan fingerprint density at radius 3 is 2.08 bits per heavy atom. The summed E-state index contributed by atoms with van der Waals surface area (Å²) in [5.74, 6) is 0. The first-order valence-electron chi connectivity index (χ1n) is 8.07. The van der Waals surface area contributed by atoms with Crippen LogP contribution in [0.25, 0.3) is 0 Å². The zero-order valence-electron chi connectivity index (χ0n) is 13.9. The van der Waals surface area contributed by atoms with Gasteiger partial charge in [-0.15, -0.1) is 0 Å². The molecule has 0 bridgehead atoms. The van der Waals surface area contributed by atoms with E-state index in [4.69, 9.17) is 28.5 Å². The average Bonchev–Trinajstić information content (AvgIpc) is 2.62. The largest absolute Gasteiger partial charge is 0.296 e. The molecular formula is C18H17Cl2N3O2S. The standard InChI is InChI=1S/C18H17Cl2N3O2S/c19-16-2-1-3-17(20)18(16)26(24,25)23-10-8-22(9-11-23)13-15-6-4-14(12-21)5-7-15/h1-7H,8-11,13H2. The third-order valence-electron chi connectivity index (χ3n) is 4.34. The van der Waals surface area contributed by atoms with E-state index in [-0.39, 0.29) is 14.9 Å². The van der Waals surface area contributed by atoms with Gasteiger partial charge in [0.25, 0.3) is 0 Å². The van der Waals surface area contributed by atoms with Crippen molar-refractivity contribution in [1.82, 2.24) is 9.21 Å². The highest BCUT2D eigenvalue weighted by molar-refractivity contribution is 7.89.